The van der Waals surface area contributed by atoms with Gasteiger partial charge in [-0.1, -0.05) is 18.2 Å². The Kier molecular flexibility index (Phi) is 4.26. The van der Waals surface area contributed by atoms with Crippen molar-refractivity contribution in [1.29, 1.82) is 0 Å². The van der Waals surface area contributed by atoms with Gasteiger partial charge < -0.3 is 4.42 Å². The van der Waals surface area contributed by atoms with Crippen molar-refractivity contribution in [3.63, 3.8) is 0 Å². The number of hydrogen-bond acceptors (Lipinski definition) is 4. The minimum Gasteiger partial charge on any atom is -0.423 e. The quantitative estimate of drug-likeness (QED) is 0.690. The van der Waals surface area contributed by atoms with Gasteiger partial charge in [0.15, 0.2) is 0 Å². The summed E-state index contributed by atoms with van der Waals surface area (Å²) in [5.74, 6) is 0. The number of rotatable bonds is 4. The normalized spacial score (nSPS) is 12.7. The van der Waals surface area contributed by atoms with Crippen LogP contribution in [0.2, 0.25) is 0 Å². The van der Waals surface area contributed by atoms with Gasteiger partial charge >= 0.3 is 5.63 Å². The highest BCUT2D eigenvalue weighted by molar-refractivity contribution is 5.80. The van der Waals surface area contributed by atoms with Gasteiger partial charge in [-0.3, -0.25) is 9.88 Å². The number of fused-ring (bicyclic) bond motifs is 1. The summed E-state index contributed by atoms with van der Waals surface area (Å²) in [6, 6.07) is 13.7. The molecule has 0 aliphatic rings. The molecule has 3 aromatic rings. The van der Waals surface area contributed by atoms with Crippen LogP contribution in [0, 0.1) is 6.92 Å². The maximum atomic E-state index is 11.5. The minimum absolute atomic E-state index is 0.205. The van der Waals surface area contributed by atoms with Crippen LogP contribution < -0.4 is 5.63 Å². The average Bonchev–Trinajstić information content (AvgIpc) is 2.54. The molecular weight excluding hydrogens is 288 g/mol. The first-order valence-electron chi connectivity index (χ1n) is 7.69. The molecule has 0 aliphatic carbocycles. The van der Waals surface area contributed by atoms with Gasteiger partial charge in [-0.25, -0.2) is 4.79 Å². The van der Waals surface area contributed by atoms with Gasteiger partial charge in [0.25, 0.3) is 0 Å². The number of nitrogens with zero attached hydrogens (tertiary/aromatic N) is 2. The highest BCUT2D eigenvalue weighted by Crippen LogP contribution is 2.22. The van der Waals surface area contributed by atoms with Crippen LogP contribution >= 0.6 is 0 Å². The van der Waals surface area contributed by atoms with Crippen molar-refractivity contribution in [3.05, 3.63) is 75.9 Å². The molecule has 4 nitrogen and oxygen atoms in total. The lowest BCUT2D eigenvalue weighted by Crippen LogP contribution is -2.22. The highest BCUT2D eigenvalue weighted by atomic mass is 16.4. The van der Waals surface area contributed by atoms with E-state index in [1.165, 1.54) is 6.07 Å². The molecule has 2 heterocycles. The highest BCUT2D eigenvalue weighted by Gasteiger charge is 2.13. The molecule has 4 heteroatoms. The molecule has 3 rings (SSSR count). The molecule has 0 N–H and O–H groups in total. The number of hydrogen-bond donors (Lipinski definition) is 0. The summed E-state index contributed by atoms with van der Waals surface area (Å²) in [4.78, 5) is 18.2. The van der Waals surface area contributed by atoms with Crippen molar-refractivity contribution in [2.45, 2.75) is 26.4 Å². The fraction of sp³-hybridized carbons (Fsp3) is 0.263. The summed E-state index contributed by atoms with van der Waals surface area (Å²) in [5.41, 5.74) is 3.43. The van der Waals surface area contributed by atoms with E-state index in [4.69, 9.17) is 4.42 Å². The average molecular weight is 308 g/mol. The Balaban J connectivity index is 1.85. The van der Waals surface area contributed by atoms with E-state index in [0.717, 1.165) is 28.8 Å². The van der Waals surface area contributed by atoms with Gasteiger partial charge in [0.2, 0.25) is 0 Å². The first-order chi connectivity index (χ1) is 11.0. The van der Waals surface area contributed by atoms with Gasteiger partial charge in [-0.15, -0.1) is 0 Å². The zero-order valence-electron chi connectivity index (χ0n) is 13.6. The predicted molar refractivity (Wildman–Crippen MR) is 91.3 cm³/mol. The van der Waals surface area contributed by atoms with Crippen LogP contribution in [0.1, 0.15) is 29.8 Å². The lowest BCUT2D eigenvalue weighted by molar-refractivity contribution is 0.248. The molecule has 1 aromatic carbocycles. The molecule has 1 unspecified atom stereocenters. The van der Waals surface area contributed by atoms with E-state index in [9.17, 15) is 4.79 Å². The van der Waals surface area contributed by atoms with E-state index in [0.29, 0.717) is 5.58 Å². The van der Waals surface area contributed by atoms with Crippen LogP contribution in [-0.2, 0) is 6.54 Å². The second-order valence-electron chi connectivity index (χ2n) is 5.92. The minimum atomic E-state index is -0.303. The van der Waals surface area contributed by atoms with Gasteiger partial charge in [0.1, 0.15) is 5.58 Å². The van der Waals surface area contributed by atoms with Crippen molar-refractivity contribution in [3.8, 4) is 0 Å². The summed E-state index contributed by atoms with van der Waals surface area (Å²) >= 11 is 0. The smallest absolute Gasteiger partial charge is 0.336 e. The van der Waals surface area contributed by atoms with Crippen LogP contribution in [0.25, 0.3) is 11.0 Å². The first-order valence-corrected chi connectivity index (χ1v) is 7.69. The fourth-order valence-electron chi connectivity index (χ4n) is 2.74. The van der Waals surface area contributed by atoms with Crippen molar-refractivity contribution >= 4 is 11.0 Å². The third-order valence-electron chi connectivity index (χ3n) is 4.22. The van der Waals surface area contributed by atoms with E-state index >= 15 is 0 Å². The number of pyridine rings is 1. The number of benzene rings is 1. The summed E-state index contributed by atoms with van der Waals surface area (Å²) < 4.78 is 5.32. The topological polar surface area (TPSA) is 46.3 Å². The molecule has 0 saturated carbocycles. The van der Waals surface area contributed by atoms with E-state index in [1.54, 1.807) is 0 Å². The summed E-state index contributed by atoms with van der Waals surface area (Å²) in [6.07, 6.45) is 1.81. The summed E-state index contributed by atoms with van der Waals surface area (Å²) in [7, 11) is 2.07. The molecule has 0 fully saturated rings. The molecular formula is C19H20N2O2. The third-order valence-corrected chi connectivity index (χ3v) is 4.22. The maximum Gasteiger partial charge on any atom is 0.336 e. The maximum absolute atomic E-state index is 11.5. The zero-order valence-corrected chi connectivity index (χ0v) is 13.6. The molecule has 0 spiro atoms. The van der Waals surface area contributed by atoms with Crippen LogP contribution in [0.5, 0.6) is 0 Å². The van der Waals surface area contributed by atoms with Crippen LogP contribution in [0.3, 0.4) is 0 Å². The van der Waals surface area contributed by atoms with E-state index < -0.39 is 0 Å². The first kappa shape index (κ1) is 15.4. The SMILES string of the molecule is Cc1cc(=O)oc2cc(CN(C)C(C)c3ccccn3)ccc12. The molecule has 2 aromatic heterocycles. The molecule has 0 bridgehead atoms. The van der Waals surface area contributed by atoms with Gasteiger partial charge in [-0.05, 0) is 50.2 Å². The Bertz CT molecular complexity index is 871. The molecule has 0 amide bonds. The van der Waals surface area contributed by atoms with E-state index in [2.05, 4.69) is 29.9 Å². The van der Waals surface area contributed by atoms with Gasteiger partial charge in [0, 0.05) is 30.2 Å². The largest absolute Gasteiger partial charge is 0.423 e. The standard InChI is InChI=1S/C19H20N2O2/c1-13-10-19(22)23-18-11-15(7-8-16(13)18)12-21(3)14(2)17-6-4-5-9-20-17/h4-11,14H,12H2,1-3H3. The summed E-state index contributed by atoms with van der Waals surface area (Å²) in [5, 5.41) is 0.980. The molecule has 0 saturated heterocycles. The summed E-state index contributed by atoms with van der Waals surface area (Å²) in [6.45, 7) is 4.81. The van der Waals surface area contributed by atoms with E-state index in [1.807, 2.05) is 43.5 Å². The van der Waals surface area contributed by atoms with Crippen LogP contribution in [0.4, 0.5) is 0 Å². The van der Waals surface area contributed by atoms with Crippen molar-refractivity contribution in [1.82, 2.24) is 9.88 Å². The van der Waals surface area contributed by atoms with Crippen molar-refractivity contribution < 1.29 is 4.42 Å². The monoisotopic (exact) mass is 308 g/mol. The Morgan fingerprint density at radius 3 is 2.78 bits per heavy atom. The Labute approximate surface area is 135 Å². The second-order valence-corrected chi connectivity index (χ2v) is 5.92. The zero-order chi connectivity index (χ0) is 16.4. The fourth-order valence-corrected chi connectivity index (χ4v) is 2.74. The molecule has 23 heavy (non-hydrogen) atoms. The van der Waals surface area contributed by atoms with Gasteiger partial charge in [0.05, 0.1) is 5.69 Å². The number of aryl methyl sites for hydroxylation is 1. The second kappa shape index (κ2) is 6.34. The van der Waals surface area contributed by atoms with Crippen LogP contribution in [0.15, 0.2) is 57.9 Å². The van der Waals surface area contributed by atoms with Crippen molar-refractivity contribution in [2.75, 3.05) is 7.05 Å². The Morgan fingerprint density at radius 1 is 1.22 bits per heavy atom. The number of aromatic nitrogens is 1. The van der Waals surface area contributed by atoms with Crippen molar-refractivity contribution in [2.24, 2.45) is 0 Å². The molecule has 0 aliphatic heterocycles. The molecule has 0 radical (unpaired) electrons. The van der Waals surface area contributed by atoms with Crippen LogP contribution in [-0.4, -0.2) is 16.9 Å². The van der Waals surface area contributed by atoms with Gasteiger partial charge in [-0.2, -0.15) is 0 Å². The molecule has 1 atom stereocenters. The Hall–Kier alpha value is -2.46. The Morgan fingerprint density at radius 2 is 2.04 bits per heavy atom. The lowest BCUT2D eigenvalue weighted by atomic mass is 10.1. The lowest BCUT2D eigenvalue weighted by Gasteiger charge is -2.24. The third kappa shape index (κ3) is 3.32. The molecule has 118 valence electrons. The predicted octanol–water partition coefficient (Wildman–Crippen LogP) is 3.69. The van der Waals surface area contributed by atoms with E-state index in [-0.39, 0.29) is 11.7 Å².